The summed E-state index contributed by atoms with van der Waals surface area (Å²) in [5.74, 6) is 0. The summed E-state index contributed by atoms with van der Waals surface area (Å²) >= 11 is 0. The fraction of sp³-hybridized carbons (Fsp3) is 0.250. The molecule has 0 unspecified atom stereocenters. The Kier molecular flexibility index (Phi) is 6.06. The number of hydrogen-bond acceptors (Lipinski definition) is 0. The molecule has 0 fully saturated rings. The van der Waals surface area contributed by atoms with E-state index in [1.807, 2.05) is 25.0 Å². The molecule has 8 heavy (non-hydrogen) atoms. The van der Waals surface area contributed by atoms with Crippen LogP contribution in [0.4, 0.5) is 0 Å². The van der Waals surface area contributed by atoms with Gasteiger partial charge in [-0.1, -0.05) is 12.2 Å². The molecule has 0 amide bonds. The number of unbranched alkanes of at least 4 members (excludes halogenated alkanes) is 3. The normalized spacial score (nSPS) is 8.50. The van der Waals surface area contributed by atoms with E-state index in [1.54, 1.807) is 0 Å². The van der Waals surface area contributed by atoms with Gasteiger partial charge in [0.1, 0.15) is 0 Å². The van der Waals surface area contributed by atoms with Crippen LogP contribution < -0.4 is 0 Å². The Bertz CT molecular complexity index is 52.4. The zero-order valence-electron chi connectivity index (χ0n) is 5.14. The summed E-state index contributed by atoms with van der Waals surface area (Å²) in [5, 5.41) is 0. The van der Waals surface area contributed by atoms with Gasteiger partial charge in [-0.2, -0.15) is 0 Å². The molecule has 0 saturated carbocycles. The van der Waals surface area contributed by atoms with Crippen molar-refractivity contribution in [1.82, 2.24) is 0 Å². The van der Waals surface area contributed by atoms with E-state index in [9.17, 15) is 0 Å². The molecule has 2 radical (unpaired) electrons. The first-order chi connectivity index (χ1) is 3.91. The maximum Gasteiger partial charge on any atom is -0.0173 e. The van der Waals surface area contributed by atoms with Gasteiger partial charge in [-0.3, -0.25) is 0 Å². The zero-order valence-corrected chi connectivity index (χ0v) is 5.14. The van der Waals surface area contributed by atoms with E-state index in [1.165, 1.54) is 0 Å². The topological polar surface area (TPSA) is 0 Å². The van der Waals surface area contributed by atoms with E-state index >= 15 is 0 Å². The van der Waals surface area contributed by atoms with Gasteiger partial charge in [-0.05, 0) is 25.7 Å². The van der Waals surface area contributed by atoms with E-state index in [2.05, 4.69) is 13.2 Å². The lowest BCUT2D eigenvalue weighted by Crippen LogP contribution is -1.71. The third kappa shape index (κ3) is 5.48. The molecular formula is C8H12. The van der Waals surface area contributed by atoms with Crippen molar-refractivity contribution in [2.24, 2.45) is 0 Å². The molecule has 44 valence electrons. The van der Waals surface area contributed by atoms with Crippen LogP contribution in [0.2, 0.25) is 0 Å². The molecule has 0 nitrogen and oxygen atoms in total. The smallest absolute Gasteiger partial charge is 0.0173 e. The molecule has 0 heterocycles. The van der Waals surface area contributed by atoms with Crippen LogP contribution in [0.5, 0.6) is 0 Å². The molecule has 0 spiro atoms. The van der Waals surface area contributed by atoms with Gasteiger partial charge in [0.25, 0.3) is 0 Å². The van der Waals surface area contributed by atoms with Crippen molar-refractivity contribution in [2.45, 2.75) is 12.8 Å². The van der Waals surface area contributed by atoms with Crippen molar-refractivity contribution >= 4 is 0 Å². The van der Waals surface area contributed by atoms with E-state index < -0.39 is 0 Å². The summed E-state index contributed by atoms with van der Waals surface area (Å²) in [6.45, 7) is 7.13. The van der Waals surface area contributed by atoms with Gasteiger partial charge in [0, 0.05) is 0 Å². The van der Waals surface area contributed by atoms with Gasteiger partial charge < -0.3 is 0 Å². The lowest BCUT2D eigenvalue weighted by Gasteiger charge is -1.88. The van der Waals surface area contributed by atoms with Crippen LogP contribution in [0.25, 0.3) is 0 Å². The molecular weight excluding hydrogens is 96.1 g/mol. The lowest BCUT2D eigenvalue weighted by molar-refractivity contribution is 0.964. The Hall–Kier alpha value is -0.520. The van der Waals surface area contributed by atoms with Crippen LogP contribution in [0.15, 0.2) is 25.3 Å². The second-order valence-corrected chi connectivity index (χ2v) is 1.52. The Morgan fingerprint density at radius 2 is 1.25 bits per heavy atom. The van der Waals surface area contributed by atoms with Gasteiger partial charge in [0.2, 0.25) is 0 Å². The van der Waals surface area contributed by atoms with E-state index in [0.717, 1.165) is 12.8 Å². The second-order valence-electron chi connectivity index (χ2n) is 1.52. The van der Waals surface area contributed by atoms with Crippen LogP contribution >= 0.6 is 0 Å². The summed E-state index contributed by atoms with van der Waals surface area (Å²) in [5.41, 5.74) is 0. The summed E-state index contributed by atoms with van der Waals surface area (Å²) in [6.07, 6.45) is 9.87. The molecule has 0 aliphatic heterocycles. The average molecular weight is 108 g/mol. The van der Waals surface area contributed by atoms with Crippen LogP contribution in [-0.2, 0) is 0 Å². The monoisotopic (exact) mass is 108 g/mol. The maximum atomic E-state index is 3.56. The highest BCUT2D eigenvalue weighted by atomic mass is 13.9. The molecule has 0 rings (SSSR count). The summed E-state index contributed by atoms with van der Waals surface area (Å²) in [7, 11) is 0. The fourth-order valence-corrected chi connectivity index (χ4v) is 0.428. The summed E-state index contributed by atoms with van der Waals surface area (Å²) < 4.78 is 0. The third-order valence-corrected chi connectivity index (χ3v) is 0.833. The quantitative estimate of drug-likeness (QED) is 0.475. The molecule has 0 bridgehead atoms. The highest BCUT2D eigenvalue weighted by Gasteiger charge is 1.80. The lowest BCUT2D eigenvalue weighted by atomic mass is 10.2. The predicted octanol–water partition coefficient (Wildman–Crippen LogP) is 2.55. The van der Waals surface area contributed by atoms with Crippen LogP contribution in [0, 0.1) is 12.8 Å². The zero-order chi connectivity index (χ0) is 6.24. The first-order valence-corrected chi connectivity index (χ1v) is 2.80. The molecule has 0 saturated heterocycles. The largest absolute Gasteiger partial charge is 0.103 e. The Balaban J connectivity index is 2.71. The van der Waals surface area contributed by atoms with E-state index in [4.69, 9.17) is 0 Å². The van der Waals surface area contributed by atoms with Crippen molar-refractivity contribution in [1.29, 1.82) is 0 Å². The minimum atomic E-state index is 1.08. The van der Waals surface area contributed by atoms with Gasteiger partial charge in [0.15, 0.2) is 0 Å². The molecule has 0 atom stereocenters. The Labute approximate surface area is 51.9 Å². The van der Waals surface area contributed by atoms with Gasteiger partial charge in [-0.25, -0.2) is 0 Å². The Morgan fingerprint density at radius 3 is 1.50 bits per heavy atom. The summed E-state index contributed by atoms with van der Waals surface area (Å²) in [6, 6.07) is 0. The minimum Gasteiger partial charge on any atom is -0.103 e. The van der Waals surface area contributed by atoms with Crippen molar-refractivity contribution < 1.29 is 0 Å². The molecule has 0 aromatic carbocycles. The fourth-order valence-electron chi connectivity index (χ4n) is 0.428. The average Bonchev–Trinajstić information content (AvgIpc) is 1.81. The van der Waals surface area contributed by atoms with Gasteiger partial charge >= 0.3 is 0 Å². The molecule has 0 aromatic heterocycles. The number of allylic oxidation sites excluding steroid dienone is 2. The molecule has 0 heteroatoms. The first kappa shape index (κ1) is 7.48. The number of rotatable bonds is 5. The van der Waals surface area contributed by atoms with Crippen molar-refractivity contribution in [3.05, 3.63) is 38.2 Å². The van der Waals surface area contributed by atoms with Crippen LogP contribution in [0.1, 0.15) is 12.8 Å². The Morgan fingerprint density at radius 1 is 0.875 bits per heavy atom. The standard InChI is InChI=1S/C8H12/c1-3-5-7-8-6-4-2/h3-6H,1-2,7-8H2. The van der Waals surface area contributed by atoms with Crippen LogP contribution in [0.3, 0.4) is 0 Å². The van der Waals surface area contributed by atoms with Crippen molar-refractivity contribution in [3.63, 3.8) is 0 Å². The SMILES string of the molecule is C=C[CH]CC[CH]C=C. The van der Waals surface area contributed by atoms with E-state index in [-0.39, 0.29) is 0 Å². The van der Waals surface area contributed by atoms with Gasteiger partial charge in [0.05, 0.1) is 0 Å². The highest BCUT2D eigenvalue weighted by molar-refractivity contribution is 4.92. The molecule has 0 N–H and O–H groups in total. The third-order valence-electron chi connectivity index (χ3n) is 0.833. The molecule has 0 aromatic rings. The van der Waals surface area contributed by atoms with Crippen molar-refractivity contribution in [2.75, 3.05) is 0 Å². The predicted molar refractivity (Wildman–Crippen MR) is 38.2 cm³/mol. The van der Waals surface area contributed by atoms with Gasteiger partial charge in [-0.15, -0.1) is 13.2 Å². The van der Waals surface area contributed by atoms with E-state index in [0.29, 0.717) is 0 Å². The van der Waals surface area contributed by atoms with Crippen LogP contribution in [-0.4, -0.2) is 0 Å². The minimum absolute atomic E-state index is 1.08. The first-order valence-electron chi connectivity index (χ1n) is 2.80. The second kappa shape index (κ2) is 6.48. The molecule has 0 aliphatic carbocycles. The summed E-state index contributed by atoms with van der Waals surface area (Å²) in [4.78, 5) is 0. The maximum absolute atomic E-state index is 3.56. The number of hydrogen-bond donors (Lipinski definition) is 0. The molecule has 0 aliphatic rings. The van der Waals surface area contributed by atoms with Crippen molar-refractivity contribution in [3.8, 4) is 0 Å². The highest BCUT2D eigenvalue weighted by Crippen LogP contribution is 1.96.